The molecule has 1 N–H and O–H groups in total. The maximum Gasteiger partial charge on any atom is 0.328 e. The van der Waals surface area contributed by atoms with Crippen LogP contribution in [0.25, 0.3) is 11.1 Å². The van der Waals surface area contributed by atoms with Crippen LogP contribution in [0.4, 0.5) is 21.0 Å². The lowest BCUT2D eigenvalue weighted by molar-refractivity contribution is -0.120. The lowest BCUT2D eigenvalue weighted by Gasteiger charge is -2.45. The Balaban J connectivity index is 1.65. The van der Waals surface area contributed by atoms with Crippen LogP contribution in [0.15, 0.2) is 42.5 Å². The molecule has 0 spiro atoms. The van der Waals surface area contributed by atoms with E-state index in [0.717, 1.165) is 29.8 Å². The van der Waals surface area contributed by atoms with Crippen molar-refractivity contribution in [2.75, 3.05) is 29.9 Å². The Morgan fingerprint density at radius 2 is 1.71 bits per heavy atom. The molecule has 0 aliphatic carbocycles. The van der Waals surface area contributed by atoms with E-state index >= 15 is 0 Å². The number of carbonyl (C=O) groups excluding carboxylic acids is 3. The molecule has 2 heterocycles. The molecular formula is C23H25ClN4O3. The number of carbonyl (C=O) groups is 3. The van der Waals surface area contributed by atoms with Crippen molar-refractivity contribution in [3.8, 4) is 11.1 Å². The standard InChI is InChI=1S/C23H25ClN4O3/c1-23(2)12-14-26(3)22(31)28(23)16-9-7-15(8-10-16)17-5-4-6-18(20(17)24)27-13-11-19(29)25-21(27)30/h4-10H,11-14H2,1-3H3,(H,25,29,30). The molecule has 162 valence electrons. The number of hydrogen-bond donors (Lipinski definition) is 1. The van der Waals surface area contributed by atoms with Crippen molar-refractivity contribution in [2.45, 2.75) is 32.2 Å². The van der Waals surface area contributed by atoms with Gasteiger partial charge in [0.05, 0.1) is 10.7 Å². The number of nitrogens with zero attached hydrogens (tertiary/aromatic N) is 3. The van der Waals surface area contributed by atoms with Crippen LogP contribution in [0.2, 0.25) is 5.02 Å². The van der Waals surface area contributed by atoms with Crippen LogP contribution >= 0.6 is 11.6 Å². The third-order valence-electron chi connectivity index (χ3n) is 5.94. The largest absolute Gasteiger partial charge is 0.328 e. The van der Waals surface area contributed by atoms with Crippen LogP contribution in [0.1, 0.15) is 26.7 Å². The summed E-state index contributed by atoms with van der Waals surface area (Å²) in [6.07, 6.45) is 1.11. The molecule has 2 saturated heterocycles. The van der Waals surface area contributed by atoms with E-state index in [-0.39, 0.29) is 30.4 Å². The van der Waals surface area contributed by atoms with Crippen molar-refractivity contribution in [2.24, 2.45) is 0 Å². The molecule has 0 saturated carbocycles. The Labute approximate surface area is 186 Å². The third kappa shape index (κ3) is 3.85. The minimum Gasteiger partial charge on any atom is -0.327 e. The Morgan fingerprint density at radius 1 is 1.00 bits per heavy atom. The maximum absolute atomic E-state index is 12.8. The summed E-state index contributed by atoms with van der Waals surface area (Å²) in [5.74, 6) is -0.287. The first-order valence-electron chi connectivity index (χ1n) is 10.2. The molecule has 0 radical (unpaired) electrons. The highest BCUT2D eigenvalue weighted by molar-refractivity contribution is 6.36. The number of benzene rings is 2. The van der Waals surface area contributed by atoms with E-state index in [2.05, 4.69) is 19.2 Å². The SMILES string of the molecule is CN1CCC(C)(C)N(c2ccc(-c3cccc(N4CCC(=O)NC4=O)c3Cl)cc2)C1=O. The summed E-state index contributed by atoms with van der Waals surface area (Å²) in [6.45, 7) is 5.16. The maximum atomic E-state index is 12.8. The Morgan fingerprint density at radius 3 is 2.39 bits per heavy atom. The van der Waals surface area contributed by atoms with Crippen molar-refractivity contribution < 1.29 is 14.4 Å². The zero-order valence-electron chi connectivity index (χ0n) is 17.8. The van der Waals surface area contributed by atoms with Crippen LogP contribution in [0.5, 0.6) is 0 Å². The fourth-order valence-corrected chi connectivity index (χ4v) is 4.41. The molecule has 2 aromatic rings. The number of imide groups is 1. The fraction of sp³-hybridized carbons (Fsp3) is 0.348. The van der Waals surface area contributed by atoms with E-state index in [9.17, 15) is 14.4 Å². The van der Waals surface area contributed by atoms with Crippen molar-refractivity contribution in [3.63, 3.8) is 0 Å². The lowest BCUT2D eigenvalue weighted by Crippen LogP contribution is -2.58. The Bertz CT molecular complexity index is 1050. The highest BCUT2D eigenvalue weighted by atomic mass is 35.5. The first-order valence-corrected chi connectivity index (χ1v) is 10.6. The van der Waals surface area contributed by atoms with Gasteiger partial charge in [0.1, 0.15) is 0 Å². The number of urea groups is 2. The first kappa shape index (κ1) is 21.2. The lowest BCUT2D eigenvalue weighted by atomic mass is 9.94. The van der Waals surface area contributed by atoms with E-state index in [1.165, 1.54) is 4.90 Å². The number of nitrogens with one attached hydrogen (secondary N) is 1. The van der Waals surface area contributed by atoms with Crippen LogP contribution < -0.4 is 15.1 Å². The Hall–Kier alpha value is -3.06. The molecule has 7 nitrogen and oxygen atoms in total. The van der Waals surface area contributed by atoms with Crippen LogP contribution in [-0.4, -0.2) is 48.5 Å². The number of halogens is 1. The molecule has 0 bridgehead atoms. The van der Waals surface area contributed by atoms with Gasteiger partial charge >= 0.3 is 12.1 Å². The van der Waals surface area contributed by atoms with Crippen molar-refractivity contribution >= 4 is 40.9 Å². The van der Waals surface area contributed by atoms with E-state index in [1.807, 2.05) is 48.3 Å². The molecule has 4 rings (SSSR count). The van der Waals surface area contributed by atoms with Gasteiger partial charge in [-0.25, -0.2) is 9.59 Å². The van der Waals surface area contributed by atoms with Gasteiger partial charge in [-0.05, 0) is 44.0 Å². The summed E-state index contributed by atoms with van der Waals surface area (Å²) < 4.78 is 0. The summed E-state index contributed by atoms with van der Waals surface area (Å²) in [5.41, 5.74) is 2.76. The first-order chi connectivity index (χ1) is 14.7. The predicted octanol–water partition coefficient (Wildman–Crippen LogP) is 4.49. The summed E-state index contributed by atoms with van der Waals surface area (Å²) in [5, 5.41) is 2.76. The molecular weight excluding hydrogens is 416 g/mol. The minimum atomic E-state index is -0.472. The topological polar surface area (TPSA) is 73.0 Å². The van der Waals surface area contributed by atoms with E-state index < -0.39 is 6.03 Å². The molecule has 31 heavy (non-hydrogen) atoms. The van der Waals surface area contributed by atoms with Gasteiger partial charge in [-0.1, -0.05) is 35.9 Å². The van der Waals surface area contributed by atoms with Crippen LogP contribution in [0, 0.1) is 0 Å². The molecule has 5 amide bonds. The second kappa shape index (κ2) is 7.89. The average molecular weight is 441 g/mol. The summed E-state index contributed by atoms with van der Waals surface area (Å²) in [6, 6.07) is 12.7. The van der Waals surface area contributed by atoms with E-state index in [1.54, 1.807) is 11.0 Å². The summed E-state index contributed by atoms with van der Waals surface area (Å²) in [4.78, 5) is 41.5. The molecule has 0 unspecified atom stereocenters. The number of anilines is 2. The van der Waals surface area contributed by atoms with Gasteiger partial charge in [-0.15, -0.1) is 0 Å². The normalized spacial score (nSPS) is 19.0. The summed E-state index contributed by atoms with van der Waals surface area (Å²) in [7, 11) is 1.81. The number of rotatable bonds is 3. The monoisotopic (exact) mass is 440 g/mol. The van der Waals surface area contributed by atoms with Crippen molar-refractivity contribution in [1.29, 1.82) is 0 Å². The average Bonchev–Trinajstić information content (AvgIpc) is 2.72. The van der Waals surface area contributed by atoms with Crippen molar-refractivity contribution in [3.05, 3.63) is 47.5 Å². The zero-order chi connectivity index (χ0) is 22.3. The van der Waals surface area contributed by atoms with Gasteiger partial charge in [0, 0.05) is 43.3 Å². The molecule has 2 fully saturated rings. The summed E-state index contributed by atoms with van der Waals surface area (Å²) >= 11 is 6.68. The smallest absolute Gasteiger partial charge is 0.327 e. The van der Waals surface area contributed by atoms with E-state index in [0.29, 0.717) is 10.7 Å². The number of amides is 5. The minimum absolute atomic E-state index is 0.0188. The fourth-order valence-electron chi connectivity index (χ4n) is 4.07. The van der Waals surface area contributed by atoms with Gasteiger partial charge in [0.25, 0.3) is 0 Å². The van der Waals surface area contributed by atoms with Gasteiger partial charge in [0.2, 0.25) is 5.91 Å². The Kier molecular flexibility index (Phi) is 5.39. The molecule has 8 heteroatoms. The van der Waals surface area contributed by atoms with Gasteiger partial charge in [-0.3, -0.25) is 19.9 Å². The van der Waals surface area contributed by atoms with Crippen molar-refractivity contribution in [1.82, 2.24) is 10.2 Å². The van der Waals surface area contributed by atoms with Crippen LogP contribution in [0.3, 0.4) is 0 Å². The molecule has 2 aliphatic rings. The highest BCUT2D eigenvalue weighted by Crippen LogP contribution is 2.38. The number of hydrogen-bond acceptors (Lipinski definition) is 3. The third-order valence-corrected chi connectivity index (χ3v) is 6.34. The second-order valence-corrected chi connectivity index (χ2v) is 8.92. The molecule has 2 aromatic carbocycles. The quantitative estimate of drug-likeness (QED) is 0.764. The van der Waals surface area contributed by atoms with Crippen LogP contribution in [-0.2, 0) is 4.79 Å². The zero-order valence-corrected chi connectivity index (χ0v) is 18.6. The second-order valence-electron chi connectivity index (χ2n) is 8.54. The van der Waals surface area contributed by atoms with E-state index in [4.69, 9.17) is 11.6 Å². The molecule has 0 atom stereocenters. The van der Waals surface area contributed by atoms with Gasteiger partial charge in [0.15, 0.2) is 0 Å². The highest BCUT2D eigenvalue weighted by Gasteiger charge is 2.38. The van der Waals surface area contributed by atoms with Gasteiger partial charge < -0.3 is 4.90 Å². The molecule has 0 aromatic heterocycles. The van der Waals surface area contributed by atoms with Gasteiger partial charge in [-0.2, -0.15) is 0 Å². The molecule has 2 aliphatic heterocycles. The predicted molar refractivity (Wildman–Crippen MR) is 122 cm³/mol.